The average molecular weight is 262 g/mol. The summed E-state index contributed by atoms with van der Waals surface area (Å²) in [6.45, 7) is 0.668. The number of carbonyl (C=O) groups is 1. The van der Waals surface area contributed by atoms with Gasteiger partial charge >= 0.3 is 0 Å². The highest BCUT2D eigenvalue weighted by Gasteiger charge is 2.19. The van der Waals surface area contributed by atoms with Crippen molar-refractivity contribution in [3.63, 3.8) is 0 Å². The predicted molar refractivity (Wildman–Crippen MR) is 70.2 cm³/mol. The Kier molecular flexibility index (Phi) is 4.35. The minimum Gasteiger partial charge on any atom is -0.467 e. The Morgan fingerprint density at radius 2 is 2.47 bits per heavy atom. The molecule has 2 rings (SSSR count). The van der Waals surface area contributed by atoms with E-state index in [0.717, 1.165) is 11.6 Å². The van der Waals surface area contributed by atoms with Crippen LogP contribution in [0.15, 0.2) is 35.2 Å². The molecule has 3 N–H and O–H groups in total. The second-order valence-corrected chi connectivity index (χ2v) is 4.37. The number of hydrogen-bond donors (Lipinski definition) is 2. The summed E-state index contributed by atoms with van der Waals surface area (Å²) in [5.41, 5.74) is 5.12. The Hall–Kier alpha value is -2.08. The van der Waals surface area contributed by atoms with Crippen LogP contribution in [0.5, 0.6) is 0 Å². The number of furan rings is 1. The fourth-order valence-corrected chi connectivity index (χ4v) is 1.94. The fourth-order valence-electron chi connectivity index (χ4n) is 1.94. The van der Waals surface area contributed by atoms with Gasteiger partial charge in [-0.3, -0.25) is 4.79 Å². The van der Waals surface area contributed by atoms with Crippen LogP contribution in [0.25, 0.3) is 0 Å². The maximum atomic E-state index is 10.7. The van der Waals surface area contributed by atoms with Crippen molar-refractivity contribution in [3.8, 4) is 0 Å². The predicted octanol–water partition coefficient (Wildman–Crippen LogP) is 0.958. The lowest BCUT2D eigenvalue weighted by molar-refractivity contribution is -0.118. The SMILES string of the molecule is Cn1ccnc1C(NCCCC(N)=O)c1ccco1. The van der Waals surface area contributed by atoms with Crippen LogP contribution in [-0.4, -0.2) is 22.0 Å². The smallest absolute Gasteiger partial charge is 0.217 e. The van der Waals surface area contributed by atoms with Crippen LogP contribution >= 0.6 is 0 Å². The van der Waals surface area contributed by atoms with Gasteiger partial charge in [-0.1, -0.05) is 0 Å². The van der Waals surface area contributed by atoms with Gasteiger partial charge in [-0.2, -0.15) is 0 Å². The van der Waals surface area contributed by atoms with Gasteiger partial charge < -0.3 is 20.0 Å². The quantitative estimate of drug-likeness (QED) is 0.728. The van der Waals surface area contributed by atoms with Gasteiger partial charge in [0.1, 0.15) is 17.6 Å². The molecule has 0 saturated heterocycles. The van der Waals surface area contributed by atoms with Crippen molar-refractivity contribution in [1.29, 1.82) is 0 Å². The summed E-state index contributed by atoms with van der Waals surface area (Å²) in [5.74, 6) is 1.38. The summed E-state index contributed by atoms with van der Waals surface area (Å²) in [4.78, 5) is 15.0. The molecule has 6 nitrogen and oxygen atoms in total. The molecule has 0 saturated carbocycles. The molecule has 0 spiro atoms. The third-order valence-corrected chi connectivity index (χ3v) is 2.89. The number of carbonyl (C=O) groups excluding carboxylic acids is 1. The van der Waals surface area contributed by atoms with E-state index in [0.29, 0.717) is 19.4 Å². The normalized spacial score (nSPS) is 12.5. The largest absolute Gasteiger partial charge is 0.467 e. The van der Waals surface area contributed by atoms with Gasteiger partial charge in [0.15, 0.2) is 0 Å². The molecule has 0 aromatic carbocycles. The summed E-state index contributed by atoms with van der Waals surface area (Å²) in [6, 6.07) is 3.62. The first-order valence-corrected chi connectivity index (χ1v) is 6.21. The molecule has 2 heterocycles. The van der Waals surface area contributed by atoms with Crippen LogP contribution in [-0.2, 0) is 11.8 Å². The van der Waals surface area contributed by atoms with Crippen molar-refractivity contribution in [2.24, 2.45) is 12.8 Å². The second-order valence-electron chi connectivity index (χ2n) is 4.37. The zero-order valence-corrected chi connectivity index (χ0v) is 10.9. The topological polar surface area (TPSA) is 86.1 Å². The van der Waals surface area contributed by atoms with Crippen LogP contribution < -0.4 is 11.1 Å². The van der Waals surface area contributed by atoms with Crippen LogP contribution in [0.4, 0.5) is 0 Å². The standard InChI is InChI=1S/C13H18N4O2/c1-17-8-7-16-13(17)12(10-4-3-9-19-10)15-6-2-5-11(14)18/h3-4,7-9,12,15H,2,5-6H2,1H3,(H2,14,18). The monoisotopic (exact) mass is 262 g/mol. The summed E-state index contributed by atoms with van der Waals surface area (Å²) in [6.07, 6.45) is 6.33. The van der Waals surface area contributed by atoms with E-state index in [1.54, 1.807) is 12.5 Å². The molecule has 0 aliphatic rings. The Morgan fingerprint density at radius 1 is 1.63 bits per heavy atom. The number of primary amides is 1. The summed E-state index contributed by atoms with van der Waals surface area (Å²) >= 11 is 0. The van der Waals surface area contributed by atoms with Crippen molar-refractivity contribution in [3.05, 3.63) is 42.4 Å². The first kappa shape index (κ1) is 13.4. The molecule has 2 aromatic rings. The van der Waals surface area contributed by atoms with E-state index in [-0.39, 0.29) is 11.9 Å². The Balaban J connectivity index is 2.04. The molecule has 2 aromatic heterocycles. The average Bonchev–Trinajstić information content (AvgIpc) is 3.01. The van der Waals surface area contributed by atoms with E-state index < -0.39 is 0 Å². The third kappa shape index (κ3) is 3.45. The molecule has 0 aliphatic heterocycles. The lowest BCUT2D eigenvalue weighted by Crippen LogP contribution is -2.26. The number of hydrogen-bond acceptors (Lipinski definition) is 4. The van der Waals surface area contributed by atoms with Gasteiger partial charge in [0.25, 0.3) is 0 Å². The molecular weight excluding hydrogens is 244 g/mol. The maximum absolute atomic E-state index is 10.7. The van der Waals surface area contributed by atoms with Gasteiger partial charge in [0.05, 0.1) is 6.26 Å². The molecule has 1 amide bonds. The number of imidazole rings is 1. The third-order valence-electron chi connectivity index (χ3n) is 2.89. The highest BCUT2D eigenvalue weighted by Crippen LogP contribution is 2.20. The molecule has 0 aliphatic carbocycles. The molecule has 1 atom stereocenters. The van der Waals surface area contributed by atoms with Crippen molar-refractivity contribution in [2.75, 3.05) is 6.54 Å². The number of aromatic nitrogens is 2. The van der Waals surface area contributed by atoms with Crippen LogP contribution in [0.2, 0.25) is 0 Å². The lowest BCUT2D eigenvalue weighted by Gasteiger charge is -2.16. The molecule has 0 fully saturated rings. The minimum absolute atomic E-state index is 0.122. The zero-order valence-electron chi connectivity index (χ0n) is 10.9. The highest BCUT2D eigenvalue weighted by molar-refractivity contribution is 5.73. The Morgan fingerprint density at radius 3 is 3.05 bits per heavy atom. The maximum Gasteiger partial charge on any atom is 0.217 e. The van der Waals surface area contributed by atoms with Gasteiger partial charge in [0, 0.05) is 25.9 Å². The van der Waals surface area contributed by atoms with Gasteiger partial charge in [-0.25, -0.2) is 4.98 Å². The Bertz CT molecular complexity index is 518. The van der Waals surface area contributed by atoms with Crippen LogP contribution in [0.3, 0.4) is 0 Å². The lowest BCUT2D eigenvalue weighted by atomic mass is 10.2. The molecule has 19 heavy (non-hydrogen) atoms. The van der Waals surface area contributed by atoms with E-state index >= 15 is 0 Å². The molecular formula is C13H18N4O2. The summed E-state index contributed by atoms with van der Waals surface area (Å²) < 4.78 is 7.38. The number of rotatable bonds is 7. The van der Waals surface area contributed by atoms with E-state index in [9.17, 15) is 4.79 Å². The van der Waals surface area contributed by atoms with Gasteiger partial charge in [-0.15, -0.1) is 0 Å². The number of nitrogens with one attached hydrogen (secondary N) is 1. The molecule has 0 radical (unpaired) electrons. The van der Waals surface area contributed by atoms with E-state index in [1.807, 2.05) is 29.9 Å². The van der Waals surface area contributed by atoms with Crippen LogP contribution in [0.1, 0.15) is 30.5 Å². The van der Waals surface area contributed by atoms with Crippen molar-refractivity contribution in [1.82, 2.24) is 14.9 Å². The number of nitrogens with zero attached hydrogens (tertiary/aromatic N) is 2. The van der Waals surface area contributed by atoms with Gasteiger partial charge in [0.2, 0.25) is 5.91 Å². The Labute approximate surface area is 111 Å². The van der Waals surface area contributed by atoms with E-state index in [1.165, 1.54) is 0 Å². The van der Waals surface area contributed by atoms with Crippen molar-refractivity contribution >= 4 is 5.91 Å². The van der Waals surface area contributed by atoms with E-state index in [2.05, 4.69) is 10.3 Å². The number of nitrogens with two attached hydrogens (primary N) is 1. The summed E-state index contributed by atoms with van der Waals surface area (Å²) in [5, 5.41) is 3.34. The van der Waals surface area contributed by atoms with Crippen LogP contribution in [0, 0.1) is 0 Å². The first-order valence-electron chi connectivity index (χ1n) is 6.21. The second kappa shape index (κ2) is 6.19. The van der Waals surface area contributed by atoms with Gasteiger partial charge in [-0.05, 0) is 25.1 Å². The fraction of sp³-hybridized carbons (Fsp3) is 0.385. The molecule has 0 bridgehead atoms. The van der Waals surface area contributed by atoms with E-state index in [4.69, 9.17) is 10.2 Å². The number of amides is 1. The zero-order chi connectivity index (χ0) is 13.7. The van der Waals surface area contributed by atoms with Crippen molar-refractivity contribution in [2.45, 2.75) is 18.9 Å². The number of aryl methyl sites for hydroxylation is 1. The summed E-state index contributed by atoms with van der Waals surface area (Å²) in [7, 11) is 1.93. The highest BCUT2D eigenvalue weighted by atomic mass is 16.3. The molecule has 102 valence electrons. The minimum atomic E-state index is -0.284. The molecule has 1 unspecified atom stereocenters. The first-order chi connectivity index (χ1) is 9.18. The van der Waals surface area contributed by atoms with Crippen molar-refractivity contribution < 1.29 is 9.21 Å². The molecule has 6 heteroatoms.